The molecule has 2 rings (SSSR count). The van der Waals surface area contributed by atoms with Crippen molar-refractivity contribution in [3.63, 3.8) is 0 Å². The topological polar surface area (TPSA) is 130 Å². The molecule has 1 amide bonds. The lowest BCUT2D eigenvalue weighted by Gasteiger charge is -2.29. The van der Waals surface area contributed by atoms with E-state index < -0.39 is 41.3 Å². The van der Waals surface area contributed by atoms with Gasteiger partial charge < -0.3 is 21.3 Å². The number of nitrogens with one attached hydrogen (secondary N) is 1. The Hall–Kier alpha value is -1.63. The zero-order valence-electron chi connectivity index (χ0n) is 9.92. The van der Waals surface area contributed by atoms with Gasteiger partial charge in [0.05, 0.1) is 12.0 Å². The van der Waals surface area contributed by atoms with E-state index in [9.17, 15) is 19.5 Å². The van der Waals surface area contributed by atoms with Gasteiger partial charge in [-0.1, -0.05) is 0 Å². The van der Waals surface area contributed by atoms with E-state index in [1.54, 1.807) is 0 Å². The Morgan fingerprint density at radius 3 is 2.39 bits per heavy atom. The number of amides is 1. The summed E-state index contributed by atoms with van der Waals surface area (Å²) in [6.07, 6.45) is 0.771. The Labute approximate surface area is 103 Å². The number of carboxylic acid groups (broad SMARTS) is 2. The molecule has 100 valence electrons. The minimum atomic E-state index is -1.46. The lowest BCUT2D eigenvalue weighted by Crippen LogP contribution is -2.58. The van der Waals surface area contributed by atoms with Gasteiger partial charge in [-0.3, -0.25) is 9.59 Å². The second kappa shape index (κ2) is 3.94. The van der Waals surface area contributed by atoms with E-state index in [0.29, 0.717) is 6.42 Å². The van der Waals surface area contributed by atoms with Crippen LogP contribution in [0.2, 0.25) is 0 Å². The smallest absolute Gasteiger partial charge is 0.329 e. The summed E-state index contributed by atoms with van der Waals surface area (Å²) in [6, 6.07) is -0.817. The molecule has 0 bridgehead atoms. The molecular weight excluding hydrogens is 240 g/mol. The number of hydrogen-bond acceptors (Lipinski definition) is 4. The lowest BCUT2D eigenvalue weighted by atomic mass is 9.90. The van der Waals surface area contributed by atoms with Gasteiger partial charge in [0.1, 0.15) is 5.54 Å². The number of carbonyl (C=O) groups is 3. The van der Waals surface area contributed by atoms with E-state index in [0.717, 1.165) is 0 Å². The molecule has 0 heterocycles. The van der Waals surface area contributed by atoms with Crippen LogP contribution in [0.4, 0.5) is 0 Å². The summed E-state index contributed by atoms with van der Waals surface area (Å²) in [5.74, 6) is -4.06. The molecule has 2 fully saturated rings. The maximum atomic E-state index is 11.6. The van der Waals surface area contributed by atoms with E-state index >= 15 is 0 Å². The fourth-order valence-electron chi connectivity index (χ4n) is 3.09. The van der Waals surface area contributed by atoms with Gasteiger partial charge in [0.2, 0.25) is 5.91 Å². The summed E-state index contributed by atoms with van der Waals surface area (Å²) in [5.41, 5.74) is 3.95. The van der Waals surface area contributed by atoms with Crippen LogP contribution in [-0.2, 0) is 14.4 Å². The average Bonchev–Trinajstić information content (AvgIpc) is 2.89. The highest BCUT2D eigenvalue weighted by molar-refractivity contribution is 5.92. The molecule has 0 aromatic heterocycles. The van der Waals surface area contributed by atoms with Gasteiger partial charge in [-0.25, -0.2) is 4.79 Å². The van der Waals surface area contributed by atoms with Crippen LogP contribution in [-0.4, -0.2) is 39.6 Å². The van der Waals surface area contributed by atoms with E-state index in [1.165, 1.54) is 6.92 Å². The molecule has 2 unspecified atom stereocenters. The minimum Gasteiger partial charge on any atom is -0.481 e. The minimum absolute atomic E-state index is 0.146. The Morgan fingerprint density at radius 1 is 1.39 bits per heavy atom. The monoisotopic (exact) mass is 256 g/mol. The van der Waals surface area contributed by atoms with E-state index in [1.807, 2.05) is 0 Å². The van der Waals surface area contributed by atoms with Crippen molar-refractivity contribution >= 4 is 17.8 Å². The highest BCUT2D eigenvalue weighted by atomic mass is 16.4. The molecule has 7 heteroatoms. The molecule has 5 atom stereocenters. The molecular formula is C11H16N2O5. The summed E-state index contributed by atoms with van der Waals surface area (Å²) in [4.78, 5) is 34.0. The first-order valence-corrected chi connectivity index (χ1v) is 5.85. The summed E-state index contributed by atoms with van der Waals surface area (Å²) >= 11 is 0. The van der Waals surface area contributed by atoms with Crippen LogP contribution >= 0.6 is 0 Å². The predicted molar refractivity (Wildman–Crippen MR) is 59.5 cm³/mol. The molecule has 7 nitrogen and oxygen atoms in total. The number of aliphatic carboxylic acids is 2. The number of carbonyl (C=O) groups excluding carboxylic acids is 1. The van der Waals surface area contributed by atoms with Gasteiger partial charge in [-0.05, 0) is 25.7 Å². The van der Waals surface area contributed by atoms with Crippen LogP contribution in [0.3, 0.4) is 0 Å². The fraction of sp³-hybridized carbons (Fsp3) is 0.727. The average molecular weight is 256 g/mol. The van der Waals surface area contributed by atoms with Crippen LogP contribution < -0.4 is 11.1 Å². The number of carboxylic acids is 2. The summed E-state index contributed by atoms with van der Waals surface area (Å²) in [5, 5.41) is 20.8. The maximum Gasteiger partial charge on any atom is 0.329 e. The zero-order chi connectivity index (χ0) is 13.7. The molecule has 2 saturated carbocycles. The highest BCUT2D eigenvalue weighted by Crippen LogP contribution is 2.62. The van der Waals surface area contributed by atoms with Crippen LogP contribution in [0.15, 0.2) is 0 Å². The van der Waals surface area contributed by atoms with Crippen LogP contribution in [0.1, 0.15) is 19.8 Å². The molecule has 0 aromatic rings. The van der Waals surface area contributed by atoms with Crippen molar-refractivity contribution in [2.75, 3.05) is 0 Å². The van der Waals surface area contributed by atoms with Gasteiger partial charge in [0.15, 0.2) is 0 Å². The van der Waals surface area contributed by atoms with Crippen LogP contribution in [0.25, 0.3) is 0 Å². The Morgan fingerprint density at radius 2 is 2.00 bits per heavy atom. The predicted octanol–water partition coefficient (Wildman–Crippen LogP) is -0.986. The third-order valence-corrected chi connectivity index (χ3v) is 4.04. The van der Waals surface area contributed by atoms with E-state index in [4.69, 9.17) is 10.8 Å². The molecule has 2 aliphatic rings. The van der Waals surface area contributed by atoms with Crippen LogP contribution in [0, 0.1) is 17.8 Å². The quantitative estimate of drug-likeness (QED) is 0.511. The highest BCUT2D eigenvalue weighted by Gasteiger charge is 2.72. The zero-order valence-corrected chi connectivity index (χ0v) is 9.92. The first-order chi connectivity index (χ1) is 8.31. The largest absolute Gasteiger partial charge is 0.481 e. The van der Waals surface area contributed by atoms with Gasteiger partial charge in [-0.2, -0.15) is 0 Å². The number of nitrogens with two attached hydrogens (primary N) is 1. The summed E-state index contributed by atoms with van der Waals surface area (Å²) in [7, 11) is 0. The fourth-order valence-corrected chi connectivity index (χ4v) is 3.09. The molecule has 0 aromatic carbocycles. The molecule has 0 aliphatic heterocycles. The van der Waals surface area contributed by atoms with Gasteiger partial charge in [-0.15, -0.1) is 0 Å². The molecule has 18 heavy (non-hydrogen) atoms. The Kier molecular flexibility index (Phi) is 2.81. The van der Waals surface area contributed by atoms with Crippen molar-refractivity contribution in [1.29, 1.82) is 0 Å². The number of hydrogen-bond donors (Lipinski definition) is 4. The molecule has 0 spiro atoms. The standard InChI is InChI=1S/C11H16N2O5/c1-4(12)8(14)13-11(10(17)18)3-2-5-6(7(5)11)9(15)16/h4-7H,2-3,12H2,1H3,(H,13,14)(H,15,16)(H,17,18)/t4?,5-,6?,7-,11-/m0/s1. The van der Waals surface area contributed by atoms with E-state index in [-0.39, 0.29) is 12.3 Å². The summed E-state index contributed by atoms with van der Waals surface area (Å²) in [6.45, 7) is 1.46. The number of fused-ring (bicyclic) bond motifs is 1. The Balaban J connectivity index is 2.22. The second-order valence-electron chi connectivity index (χ2n) is 5.15. The third-order valence-electron chi connectivity index (χ3n) is 4.04. The van der Waals surface area contributed by atoms with Gasteiger partial charge in [0.25, 0.3) is 0 Å². The molecule has 0 saturated heterocycles. The summed E-state index contributed by atoms with van der Waals surface area (Å²) < 4.78 is 0. The first-order valence-electron chi connectivity index (χ1n) is 5.85. The number of rotatable bonds is 4. The van der Waals surface area contributed by atoms with Crippen molar-refractivity contribution in [1.82, 2.24) is 5.32 Å². The second-order valence-corrected chi connectivity index (χ2v) is 5.15. The SMILES string of the molecule is CC(N)C(=O)N[C@@]1(C(=O)O)CC[C@H]2C(C(=O)O)[C@H]21. The lowest BCUT2D eigenvalue weighted by molar-refractivity contribution is -0.150. The third kappa shape index (κ3) is 1.66. The van der Waals surface area contributed by atoms with E-state index in [2.05, 4.69) is 5.32 Å². The van der Waals surface area contributed by atoms with Gasteiger partial charge >= 0.3 is 11.9 Å². The maximum absolute atomic E-state index is 11.6. The van der Waals surface area contributed by atoms with Crippen LogP contribution in [0.5, 0.6) is 0 Å². The molecule has 5 N–H and O–H groups in total. The van der Waals surface area contributed by atoms with Crippen molar-refractivity contribution in [3.05, 3.63) is 0 Å². The Bertz CT molecular complexity index is 422. The van der Waals surface area contributed by atoms with Crippen molar-refractivity contribution in [3.8, 4) is 0 Å². The van der Waals surface area contributed by atoms with Crippen molar-refractivity contribution < 1.29 is 24.6 Å². The normalized spacial score (nSPS) is 38.7. The first kappa shape index (κ1) is 12.8. The van der Waals surface area contributed by atoms with Crippen molar-refractivity contribution in [2.24, 2.45) is 23.5 Å². The van der Waals surface area contributed by atoms with Gasteiger partial charge in [0, 0.05) is 5.92 Å². The van der Waals surface area contributed by atoms with Crippen molar-refractivity contribution in [2.45, 2.75) is 31.3 Å². The molecule has 2 aliphatic carbocycles. The molecule has 0 radical (unpaired) electrons.